The van der Waals surface area contributed by atoms with Crippen LogP contribution in [0.5, 0.6) is 0 Å². The molecule has 2 aliphatic heterocycles. The van der Waals surface area contributed by atoms with Crippen LogP contribution in [0.2, 0.25) is 0 Å². The molecule has 0 aromatic rings. The molecule has 0 amide bonds. The van der Waals surface area contributed by atoms with Gasteiger partial charge in [0.1, 0.15) is 0 Å². The third-order valence-corrected chi connectivity index (χ3v) is 2.51. The van der Waals surface area contributed by atoms with E-state index in [4.69, 9.17) is 18.9 Å². The van der Waals surface area contributed by atoms with Crippen molar-refractivity contribution in [1.29, 1.82) is 0 Å². The van der Waals surface area contributed by atoms with Crippen LogP contribution < -0.4 is 0 Å². The Labute approximate surface area is 75.9 Å². The van der Waals surface area contributed by atoms with Crippen molar-refractivity contribution in [2.24, 2.45) is 0 Å². The molecule has 2 fully saturated rings. The second-order valence-corrected chi connectivity index (χ2v) is 3.25. The first kappa shape index (κ1) is 8.93. The summed E-state index contributed by atoms with van der Waals surface area (Å²) >= 11 is 0. The molecule has 3 atom stereocenters. The Kier molecular flexibility index (Phi) is 2.02. The van der Waals surface area contributed by atoms with E-state index in [9.17, 15) is 4.79 Å². The maximum Gasteiger partial charge on any atom is 0.343 e. The molecule has 2 heterocycles. The maximum absolute atomic E-state index is 11.4. The third-order valence-electron chi connectivity index (χ3n) is 2.51. The molecular formula is C8H12O5. The Bertz CT molecular complexity index is 229. The van der Waals surface area contributed by atoms with E-state index in [2.05, 4.69) is 0 Å². The van der Waals surface area contributed by atoms with E-state index in [-0.39, 0.29) is 0 Å². The minimum atomic E-state index is -1.02. The monoisotopic (exact) mass is 188 g/mol. The van der Waals surface area contributed by atoms with E-state index in [1.54, 1.807) is 6.92 Å². The van der Waals surface area contributed by atoms with E-state index >= 15 is 0 Å². The van der Waals surface area contributed by atoms with Crippen molar-refractivity contribution in [3.63, 3.8) is 0 Å². The zero-order chi connectivity index (χ0) is 9.47. The number of methoxy groups -OCH3 is 1. The minimum Gasteiger partial charge on any atom is -0.430 e. The normalized spacial score (nSPS) is 44.3. The van der Waals surface area contributed by atoms with Gasteiger partial charge in [-0.2, -0.15) is 0 Å². The van der Waals surface area contributed by atoms with Gasteiger partial charge in [0.15, 0.2) is 11.7 Å². The van der Waals surface area contributed by atoms with E-state index in [1.807, 2.05) is 0 Å². The van der Waals surface area contributed by atoms with Gasteiger partial charge in [0.25, 0.3) is 0 Å². The minimum absolute atomic E-state index is 0.424. The highest BCUT2D eigenvalue weighted by Gasteiger charge is 2.57. The van der Waals surface area contributed by atoms with Crippen LogP contribution in [0.3, 0.4) is 0 Å². The molecular weight excluding hydrogens is 176 g/mol. The fourth-order valence-corrected chi connectivity index (χ4v) is 1.56. The van der Waals surface area contributed by atoms with Crippen LogP contribution in [0.25, 0.3) is 0 Å². The third kappa shape index (κ3) is 1.15. The van der Waals surface area contributed by atoms with Gasteiger partial charge in [-0.15, -0.1) is 0 Å². The second-order valence-electron chi connectivity index (χ2n) is 3.25. The SMILES string of the molecule is CO[C@@]1(C)C(=O)O[C@@H]2OCCO[C@@H]21. The molecule has 0 aromatic carbocycles. The standard InChI is InChI=1S/C8H12O5/c1-8(10-2)5-6(13-7(8)9)12-4-3-11-5/h5-6H,3-4H2,1-2H3/t5-,6-,8+/m0/s1. The van der Waals surface area contributed by atoms with Crippen molar-refractivity contribution in [2.45, 2.75) is 24.9 Å². The summed E-state index contributed by atoms with van der Waals surface area (Å²) in [6, 6.07) is 0. The summed E-state index contributed by atoms with van der Waals surface area (Å²) in [6.07, 6.45) is -1.05. The van der Waals surface area contributed by atoms with Gasteiger partial charge in [-0.05, 0) is 6.92 Å². The molecule has 0 N–H and O–H groups in total. The molecule has 0 aliphatic carbocycles. The summed E-state index contributed by atoms with van der Waals surface area (Å²) in [4.78, 5) is 11.4. The lowest BCUT2D eigenvalue weighted by molar-refractivity contribution is -0.224. The van der Waals surface area contributed by atoms with Crippen molar-refractivity contribution < 1.29 is 23.7 Å². The topological polar surface area (TPSA) is 54.0 Å². The lowest BCUT2D eigenvalue weighted by Gasteiger charge is -2.30. The molecule has 0 bridgehead atoms. The van der Waals surface area contributed by atoms with Crippen LogP contribution in [-0.2, 0) is 23.7 Å². The van der Waals surface area contributed by atoms with Gasteiger partial charge in [0.05, 0.1) is 13.2 Å². The molecule has 2 aliphatic rings. The largest absolute Gasteiger partial charge is 0.430 e. The lowest BCUT2D eigenvalue weighted by atomic mass is 10.0. The van der Waals surface area contributed by atoms with Crippen LogP contribution in [0, 0.1) is 0 Å². The van der Waals surface area contributed by atoms with Crippen LogP contribution in [-0.4, -0.2) is 44.3 Å². The Morgan fingerprint density at radius 3 is 2.85 bits per heavy atom. The Morgan fingerprint density at radius 1 is 1.46 bits per heavy atom. The van der Waals surface area contributed by atoms with E-state index in [0.29, 0.717) is 13.2 Å². The molecule has 2 saturated heterocycles. The number of hydrogen-bond acceptors (Lipinski definition) is 5. The molecule has 0 radical (unpaired) electrons. The second kappa shape index (κ2) is 2.94. The number of ether oxygens (including phenoxy) is 4. The lowest BCUT2D eigenvalue weighted by Crippen LogP contribution is -2.49. The number of carbonyl (C=O) groups excluding carboxylic acids is 1. The summed E-state index contributed by atoms with van der Waals surface area (Å²) < 4.78 is 20.7. The van der Waals surface area contributed by atoms with Crippen molar-refractivity contribution in [3.05, 3.63) is 0 Å². The summed E-state index contributed by atoms with van der Waals surface area (Å²) in [5.41, 5.74) is -1.02. The predicted molar refractivity (Wildman–Crippen MR) is 41.0 cm³/mol. The number of carbonyl (C=O) groups is 1. The van der Waals surface area contributed by atoms with Crippen molar-refractivity contribution in [3.8, 4) is 0 Å². The first-order valence-electron chi connectivity index (χ1n) is 4.18. The average Bonchev–Trinajstić information content (AvgIpc) is 2.41. The van der Waals surface area contributed by atoms with Gasteiger partial charge in [-0.1, -0.05) is 0 Å². The quantitative estimate of drug-likeness (QED) is 0.528. The highest BCUT2D eigenvalue weighted by atomic mass is 16.8. The molecule has 5 heteroatoms. The summed E-state index contributed by atoms with van der Waals surface area (Å²) in [7, 11) is 1.46. The zero-order valence-electron chi connectivity index (χ0n) is 7.61. The van der Waals surface area contributed by atoms with Crippen molar-refractivity contribution in [1.82, 2.24) is 0 Å². The molecule has 2 rings (SSSR count). The maximum atomic E-state index is 11.4. The van der Waals surface area contributed by atoms with Gasteiger partial charge in [-0.25, -0.2) is 4.79 Å². The van der Waals surface area contributed by atoms with Gasteiger partial charge < -0.3 is 18.9 Å². The molecule has 0 aromatic heterocycles. The van der Waals surface area contributed by atoms with Gasteiger partial charge in [0.2, 0.25) is 6.29 Å². The summed E-state index contributed by atoms with van der Waals surface area (Å²) in [5, 5.41) is 0. The zero-order valence-corrected chi connectivity index (χ0v) is 7.61. The highest BCUT2D eigenvalue weighted by molar-refractivity contribution is 5.82. The van der Waals surface area contributed by atoms with Crippen LogP contribution >= 0.6 is 0 Å². The first-order valence-corrected chi connectivity index (χ1v) is 4.18. The Hall–Kier alpha value is -0.650. The molecule has 0 saturated carbocycles. The number of fused-ring (bicyclic) bond motifs is 1. The van der Waals surface area contributed by atoms with Gasteiger partial charge >= 0.3 is 5.97 Å². The molecule has 13 heavy (non-hydrogen) atoms. The summed E-state index contributed by atoms with van der Waals surface area (Å²) in [5.74, 6) is -0.424. The molecule has 0 spiro atoms. The van der Waals surface area contributed by atoms with Crippen LogP contribution in [0.15, 0.2) is 0 Å². The molecule has 0 unspecified atom stereocenters. The van der Waals surface area contributed by atoms with E-state index < -0.39 is 24.0 Å². The predicted octanol–water partition coefficient (Wildman–Crippen LogP) is -0.310. The van der Waals surface area contributed by atoms with E-state index in [1.165, 1.54) is 7.11 Å². The molecule has 5 nitrogen and oxygen atoms in total. The van der Waals surface area contributed by atoms with Crippen LogP contribution in [0.4, 0.5) is 0 Å². The van der Waals surface area contributed by atoms with Gasteiger partial charge in [0, 0.05) is 7.11 Å². The average molecular weight is 188 g/mol. The van der Waals surface area contributed by atoms with Crippen molar-refractivity contribution in [2.75, 3.05) is 20.3 Å². The fourth-order valence-electron chi connectivity index (χ4n) is 1.56. The summed E-state index contributed by atoms with van der Waals surface area (Å²) in [6.45, 7) is 2.57. The molecule has 74 valence electrons. The van der Waals surface area contributed by atoms with Crippen LogP contribution in [0.1, 0.15) is 6.92 Å². The fraction of sp³-hybridized carbons (Fsp3) is 0.875. The van der Waals surface area contributed by atoms with Crippen molar-refractivity contribution >= 4 is 5.97 Å². The Balaban J connectivity index is 2.23. The number of esters is 1. The first-order chi connectivity index (χ1) is 6.18. The number of hydrogen-bond donors (Lipinski definition) is 0. The Morgan fingerprint density at radius 2 is 2.15 bits per heavy atom. The van der Waals surface area contributed by atoms with Gasteiger partial charge in [-0.3, -0.25) is 0 Å². The smallest absolute Gasteiger partial charge is 0.343 e. The van der Waals surface area contributed by atoms with E-state index in [0.717, 1.165) is 0 Å². The highest BCUT2D eigenvalue weighted by Crippen LogP contribution is 2.33. The number of rotatable bonds is 1.